The number of carbonyl (C=O) groups excluding carboxylic acids is 1. The van der Waals surface area contributed by atoms with E-state index >= 15 is 0 Å². The highest BCUT2D eigenvalue weighted by Crippen LogP contribution is 2.35. The number of hydrogen-bond acceptors (Lipinski definition) is 6. The number of hydrogen-bond donors (Lipinski definition) is 0. The Balaban J connectivity index is 2.34. The van der Waals surface area contributed by atoms with Gasteiger partial charge in [0.15, 0.2) is 0 Å². The topological polar surface area (TPSA) is 87.9 Å². The van der Waals surface area contributed by atoms with Crippen LogP contribution in [0.4, 0.5) is 0 Å². The van der Waals surface area contributed by atoms with E-state index in [4.69, 9.17) is 14.2 Å². The van der Waals surface area contributed by atoms with Gasteiger partial charge in [-0.3, -0.25) is 19.6 Å². The number of unbranched alkanes of at least 4 members (excludes halogenated alkanes) is 4. The SMILES string of the molecule is CCCCC/C=C\C/C=C\C/C=C\C/C=C\CCCC(=O)OC(OC)(c1ccccc1OC)[N+](=O)[O-]. The Morgan fingerprint density at radius 1 is 0.889 bits per heavy atom. The van der Waals surface area contributed by atoms with Crippen LogP contribution in [-0.2, 0) is 20.2 Å². The molecular formula is C29H41NO6. The van der Waals surface area contributed by atoms with Crippen molar-refractivity contribution in [1.82, 2.24) is 0 Å². The van der Waals surface area contributed by atoms with Crippen LogP contribution in [0.1, 0.15) is 76.7 Å². The Morgan fingerprint density at radius 2 is 1.44 bits per heavy atom. The molecule has 0 N–H and O–H groups in total. The minimum absolute atomic E-state index is 0.0220. The van der Waals surface area contributed by atoms with E-state index in [1.54, 1.807) is 18.2 Å². The number of benzene rings is 1. The van der Waals surface area contributed by atoms with E-state index in [0.717, 1.165) is 26.4 Å². The van der Waals surface area contributed by atoms with Crippen LogP contribution in [0.2, 0.25) is 0 Å². The molecular weight excluding hydrogens is 458 g/mol. The van der Waals surface area contributed by atoms with Crippen LogP contribution >= 0.6 is 0 Å². The lowest BCUT2D eigenvalue weighted by Gasteiger charge is -2.24. The van der Waals surface area contributed by atoms with Crippen LogP contribution in [-0.4, -0.2) is 25.1 Å². The molecule has 0 aliphatic heterocycles. The summed E-state index contributed by atoms with van der Waals surface area (Å²) in [5.41, 5.74) is 0.0220. The van der Waals surface area contributed by atoms with Crippen molar-refractivity contribution in [2.75, 3.05) is 14.2 Å². The Hall–Kier alpha value is -3.19. The maximum atomic E-state index is 12.4. The van der Waals surface area contributed by atoms with E-state index in [0.29, 0.717) is 12.8 Å². The van der Waals surface area contributed by atoms with Crippen LogP contribution in [0.25, 0.3) is 0 Å². The highest BCUT2D eigenvalue weighted by molar-refractivity contribution is 5.70. The van der Waals surface area contributed by atoms with Crippen LogP contribution < -0.4 is 4.74 Å². The molecule has 7 heteroatoms. The molecule has 7 nitrogen and oxygen atoms in total. The van der Waals surface area contributed by atoms with Gasteiger partial charge in [-0.25, -0.2) is 0 Å². The number of allylic oxidation sites excluding steroid dienone is 8. The zero-order valence-electron chi connectivity index (χ0n) is 21.9. The summed E-state index contributed by atoms with van der Waals surface area (Å²) in [6, 6.07) is 6.24. The Kier molecular flexibility index (Phi) is 16.3. The molecule has 0 spiro atoms. The summed E-state index contributed by atoms with van der Waals surface area (Å²) in [5, 5.41) is 11.8. The van der Waals surface area contributed by atoms with Crippen molar-refractivity contribution >= 4 is 5.97 Å². The molecule has 0 bridgehead atoms. The average Bonchev–Trinajstić information content (AvgIpc) is 2.89. The van der Waals surface area contributed by atoms with E-state index in [1.807, 2.05) is 12.2 Å². The van der Waals surface area contributed by atoms with Crippen molar-refractivity contribution in [1.29, 1.82) is 0 Å². The highest BCUT2D eigenvalue weighted by Gasteiger charge is 2.52. The fraction of sp³-hybridized carbons (Fsp3) is 0.483. The molecule has 1 unspecified atom stereocenters. The zero-order valence-corrected chi connectivity index (χ0v) is 21.9. The Bertz CT molecular complexity index is 890. The standard InChI is InChI=1S/C29H41NO6/c1-4-5-6-7-8-9-10-11-12-13-14-15-16-17-18-19-20-25-28(31)36-29(35-3,30(32)33)26-23-21-22-24-27(26)34-2/h8-9,11-12,14-15,17-18,21-24H,4-7,10,13,16,19-20,25H2,1-3H3/b9-8-,12-11-,15-14-,18-17-. The maximum Gasteiger partial charge on any atom is 0.517 e. The first kappa shape index (κ1) is 30.8. The molecule has 0 heterocycles. The lowest BCUT2D eigenvalue weighted by atomic mass is 10.1. The molecule has 0 aromatic heterocycles. The Labute approximate surface area is 215 Å². The molecule has 1 atom stereocenters. The second-order valence-electron chi connectivity index (χ2n) is 8.20. The molecule has 0 aliphatic carbocycles. The normalized spacial score (nSPS) is 13.6. The van der Waals surface area contributed by atoms with Gasteiger partial charge in [-0.05, 0) is 57.1 Å². The molecule has 0 saturated heterocycles. The number of nitro groups is 1. The predicted octanol–water partition coefficient (Wildman–Crippen LogP) is 7.42. The third kappa shape index (κ3) is 11.5. The number of esters is 1. The van der Waals surface area contributed by atoms with Gasteiger partial charge in [-0.1, -0.05) is 80.5 Å². The molecule has 0 fully saturated rings. The summed E-state index contributed by atoms with van der Waals surface area (Å²) in [7, 11) is 2.51. The fourth-order valence-corrected chi connectivity index (χ4v) is 3.45. The number of para-hydroxylation sites is 1. The average molecular weight is 500 g/mol. The molecule has 0 radical (unpaired) electrons. The summed E-state index contributed by atoms with van der Waals surface area (Å²) >= 11 is 0. The number of methoxy groups -OCH3 is 2. The minimum atomic E-state index is -2.45. The quantitative estimate of drug-likeness (QED) is 0.0491. The van der Waals surface area contributed by atoms with E-state index in [9.17, 15) is 14.9 Å². The highest BCUT2D eigenvalue weighted by atomic mass is 16.8. The minimum Gasteiger partial charge on any atom is -0.496 e. The summed E-state index contributed by atoms with van der Waals surface area (Å²) in [6.07, 6.45) is 26.0. The number of nitrogens with zero attached hydrogens (tertiary/aromatic N) is 1. The van der Waals surface area contributed by atoms with Crippen LogP contribution in [0.3, 0.4) is 0 Å². The second kappa shape index (κ2) is 19.1. The molecule has 1 aromatic rings. The monoisotopic (exact) mass is 499 g/mol. The number of rotatable bonds is 19. The molecule has 1 aromatic carbocycles. The summed E-state index contributed by atoms with van der Waals surface area (Å²) in [5.74, 6) is -2.97. The lowest BCUT2D eigenvalue weighted by molar-refractivity contribution is -0.695. The molecule has 0 aliphatic rings. The predicted molar refractivity (Wildman–Crippen MR) is 143 cm³/mol. The van der Waals surface area contributed by atoms with Gasteiger partial charge in [0, 0.05) is 13.5 Å². The van der Waals surface area contributed by atoms with Crippen molar-refractivity contribution in [2.45, 2.75) is 77.0 Å². The molecule has 1 rings (SSSR count). The van der Waals surface area contributed by atoms with Crippen molar-refractivity contribution in [3.8, 4) is 5.75 Å². The van der Waals surface area contributed by atoms with Gasteiger partial charge < -0.3 is 9.47 Å². The first-order chi connectivity index (χ1) is 17.5. The lowest BCUT2D eigenvalue weighted by Crippen LogP contribution is -2.42. The third-order valence-electron chi connectivity index (χ3n) is 5.43. The van der Waals surface area contributed by atoms with Gasteiger partial charge in [0.1, 0.15) is 16.2 Å². The van der Waals surface area contributed by atoms with E-state index in [-0.39, 0.29) is 17.7 Å². The Morgan fingerprint density at radius 3 is 1.97 bits per heavy atom. The van der Waals surface area contributed by atoms with Crippen LogP contribution in [0, 0.1) is 10.1 Å². The zero-order chi connectivity index (χ0) is 26.5. The maximum absolute atomic E-state index is 12.4. The smallest absolute Gasteiger partial charge is 0.496 e. The molecule has 0 amide bonds. The first-order valence-corrected chi connectivity index (χ1v) is 12.7. The van der Waals surface area contributed by atoms with Crippen LogP contribution in [0.5, 0.6) is 5.75 Å². The van der Waals surface area contributed by atoms with E-state index < -0.39 is 16.8 Å². The molecule has 198 valence electrons. The van der Waals surface area contributed by atoms with Gasteiger partial charge in [-0.15, -0.1) is 0 Å². The van der Waals surface area contributed by atoms with Gasteiger partial charge >= 0.3 is 11.9 Å². The first-order valence-electron chi connectivity index (χ1n) is 12.7. The van der Waals surface area contributed by atoms with E-state index in [1.165, 1.54) is 38.9 Å². The van der Waals surface area contributed by atoms with Gasteiger partial charge in [0.2, 0.25) is 0 Å². The summed E-state index contributed by atoms with van der Waals surface area (Å²) in [4.78, 5) is 23.4. The summed E-state index contributed by atoms with van der Waals surface area (Å²) < 4.78 is 15.5. The largest absolute Gasteiger partial charge is 0.517 e. The van der Waals surface area contributed by atoms with Gasteiger partial charge in [0.05, 0.1) is 7.11 Å². The van der Waals surface area contributed by atoms with Crippen molar-refractivity contribution in [2.24, 2.45) is 0 Å². The van der Waals surface area contributed by atoms with Gasteiger partial charge in [0.25, 0.3) is 0 Å². The van der Waals surface area contributed by atoms with E-state index in [2.05, 4.69) is 43.4 Å². The fourth-order valence-electron chi connectivity index (χ4n) is 3.45. The molecule has 0 saturated carbocycles. The van der Waals surface area contributed by atoms with Crippen molar-refractivity contribution in [3.05, 3.63) is 88.6 Å². The van der Waals surface area contributed by atoms with Crippen molar-refractivity contribution < 1.29 is 23.9 Å². The summed E-state index contributed by atoms with van der Waals surface area (Å²) in [6.45, 7) is 2.22. The third-order valence-corrected chi connectivity index (χ3v) is 5.43. The second-order valence-corrected chi connectivity index (χ2v) is 8.20. The number of ether oxygens (including phenoxy) is 3. The van der Waals surface area contributed by atoms with Gasteiger partial charge in [-0.2, -0.15) is 0 Å². The number of carbonyl (C=O) groups is 1. The van der Waals surface area contributed by atoms with Crippen molar-refractivity contribution in [3.63, 3.8) is 0 Å². The molecule has 36 heavy (non-hydrogen) atoms. The van der Waals surface area contributed by atoms with Crippen LogP contribution in [0.15, 0.2) is 72.9 Å².